The van der Waals surface area contributed by atoms with Gasteiger partial charge in [0.25, 0.3) is 5.56 Å². The third kappa shape index (κ3) is 5.13. The first-order valence-corrected chi connectivity index (χ1v) is 22.0. The predicted octanol–water partition coefficient (Wildman–Crippen LogP) is 14.2. The van der Waals surface area contributed by atoms with Crippen LogP contribution in [-0.4, -0.2) is 23.5 Å². The summed E-state index contributed by atoms with van der Waals surface area (Å²) < 4.78 is 6.50. The van der Waals surface area contributed by atoms with Crippen molar-refractivity contribution in [3.05, 3.63) is 223 Å². The lowest BCUT2D eigenvalue weighted by atomic mass is 9.96. The van der Waals surface area contributed by atoms with Crippen LogP contribution in [0.25, 0.3) is 127 Å². The van der Waals surface area contributed by atoms with Crippen molar-refractivity contribution in [2.24, 2.45) is 0 Å². The van der Waals surface area contributed by atoms with Crippen LogP contribution in [0.2, 0.25) is 0 Å². The molecule has 14 rings (SSSR count). The molecule has 14 aromatic rings. The molecule has 0 fully saturated rings. The summed E-state index contributed by atoms with van der Waals surface area (Å²) in [5, 5.41) is 9.12. The van der Waals surface area contributed by atoms with Gasteiger partial charge >= 0.3 is 0 Å². The van der Waals surface area contributed by atoms with Crippen LogP contribution in [0.4, 0.5) is 0 Å². The monoisotopic (exact) mass is 829 g/mol. The minimum atomic E-state index is -0.0516. The smallest absolute Gasteiger partial charge is 0.263 e. The van der Waals surface area contributed by atoms with Gasteiger partial charge in [-0.1, -0.05) is 152 Å². The molecule has 0 aliphatic heterocycles. The fourth-order valence-corrected chi connectivity index (χ4v) is 10.5. The Hall–Kier alpha value is -8.87. The standard InChI is InChI=1S/C59H35N5O/c65-58-46-25-11-10-22-41(46)48-33-39(38-28-31-54-47(32-38)43-24-13-14-26-52(43)62(54)40-20-8-3-9-21-40)34-49-45-30-29-44-42-23-12-15-27-53(42)63(56(44)57(45)64(58)55(48)49)59-60-50(36-16-4-1-5-17-36)35-51(61-59)37-18-6-2-7-19-37/h1-35H. The van der Waals surface area contributed by atoms with Crippen molar-refractivity contribution in [1.29, 1.82) is 0 Å². The normalized spacial score (nSPS) is 12.1. The number of para-hydroxylation sites is 3. The molecule has 0 N–H and O–H groups in total. The average Bonchev–Trinajstić information content (AvgIpc) is 4.02. The molecule has 0 amide bonds. The summed E-state index contributed by atoms with van der Waals surface area (Å²) in [7, 11) is 0. The van der Waals surface area contributed by atoms with Crippen molar-refractivity contribution >= 4 is 81.6 Å². The van der Waals surface area contributed by atoms with Crippen LogP contribution < -0.4 is 5.56 Å². The van der Waals surface area contributed by atoms with Crippen molar-refractivity contribution < 1.29 is 0 Å². The Bertz CT molecular complexity index is 4240. The molecule has 9 aromatic carbocycles. The van der Waals surface area contributed by atoms with E-state index in [4.69, 9.17) is 9.97 Å². The number of aromatic nitrogens is 5. The first kappa shape index (κ1) is 35.7. The zero-order valence-corrected chi connectivity index (χ0v) is 34.9. The molecule has 6 heteroatoms. The maximum absolute atomic E-state index is 15.2. The number of nitrogens with zero attached hydrogens (tertiary/aromatic N) is 5. The van der Waals surface area contributed by atoms with Crippen LogP contribution in [0.5, 0.6) is 0 Å². The summed E-state index contributed by atoms with van der Waals surface area (Å²) in [5.41, 5.74) is 12.8. The number of rotatable bonds is 5. The number of hydrogen-bond acceptors (Lipinski definition) is 3. The molecule has 0 unspecified atom stereocenters. The summed E-state index contributed by atoms with van der Waals surface area (Å²) in [6, 6.07) is 74.1. The van der Waals surface area contributed by atoms with Crippen molar-refractivity contribution in [3.63, 3.8) is 0 Å². The van der Waals surface area contributed by atoms with Crippen LogP contribution in [0.3, 0.4) is 0 Å². The fraction of sp³-hybridized carbons (Fsp3) is 0. The lowest BCUT2D eigenvalue weighted by molar-refractivity contribution is 0.995. The summed E-state index contributed by atoms with van der Waals surface area (Å²) in [5.74, 6) is 0.537. The molecule has 0 radical (unpaired) electrons. The Balaban J connectivity index is 1.10. The van der Waals surface area contributed by atoms with Gasteiger partial charge in [-0.2, -0.15) is 0 Å². The van der Waals surface area contributed by atoms with Gasteiger partial charge in [-0.25, -0.2) is 9.97 Å². The van der Waals surface area contributed by atoms with Gasteiger partial charge in [0.1, 0.15) is 0 Å². The molecule has 0 bridgehead atoms. The van der Waals surface area contributed by atoms with Gasteiger partial charge in [0.05, 0.1) is 44.5 Å². The molecule has 6 nitrogen and oxygen atoms in total. The van der Waals surface area contributed by atoms with Gasteiger partial charge in [0.2, 0.25) is 5.95 Å². The third-order valence-corrected chi connectivity index (χ3v) is 13.4. The Labute approximate surface area is 371 Å². The molecule has 0 saturated heterocycles. The van der Waals surface area contributed by atoms with Gasteiger partial charge in [0.15, 0.2) is 0 Å². The SMILES string of the molecule is O=c1c2ccccc2c2cc(-c3ccc4c(c3)c3ccccc3n4-c3ccccc3)cc3c4ccc5c6ccccc6n(-c6nc(-c7ccccc7)cc(-c7ccccc7)n6)c5c4n1c23. The maximum atomic E-state index is 15.2. The molecule has 5 heterocycles. The minimum absolute atomic E-state index is 0.0516. The molecule has 65 heavy (non-hydrogen) atoms. The Kier molecular flexibility index (Phi) is 7.45. The zero-order chi connectivity index (χ0) is 42.8. The van der Waals surface area contributed by atoms with E-state index >= 15 is 4.79 Å². The second kappa shape index (κ2) is 13.6. The number of fused-ring (bicyclic) bond motifs is 12. The van der Waals surface area contributed by atoms with E-state index in [0.29, 0.717) is 11.3 Å². The highest BCUT2D eigenvalue weighted by atomic mass is 16.1. The summed E-state index contributed by atoms with van der Waals surface area (Å²) >= 11 is 0. The van der Waals surface area contributed by atoms with E-state index < -0.39 is 0 Å². The summed E-state index contributed by atoms with van der Waals surface area (Å²) in [6.45, 7) is 0. The molecule has 0 spiro atoms. The highest BCUT2D eigenvalue weighted by molar-refractivity contribution is 6.28. The molecule has 0 saturated carbocycles. The Morgan fingerprint density at radius 3 is 1.46 bits per heavy atom. The van der Waals surface area contributed by atoms with E-state index in [1.165, 1.54) is 16.3 Å². The lowest BCUT2D eigenvalue weighted by Gasteiger charge is -2.12. The van der Waals surface area contributed by atoms with Crippen LogP contribution in [-0.2, 0) is 0 Å². The van der Waals surface area contributed by atoms with Crippen molar-refractivity contribution in [1.82, 2.24) is 23.5 Å². The minimum Gasteiger partial charge on any atom is -0.309 e. The molecule has 0 aliphatic rings. The van der Waals surface area contributed by atoms with E-state index in [9.17, 15) is 0 Å². The highest BCUT2D eigenvalue weighted by Crippen LogP contribution is 2.44. The van der Waals surface area contributed by atoms with E-state index in [1.807, 2.05) is 59.0 Å². The van der Waals surface area contributed by atoms with E-state index in [-0.39, 0.29) is 5.56 Å². The first-order valence-electron chi connectivity index (χ1n) is 22.0. The van der Waals surface area contributed by atoms with Crippen LogP contribution >= 0.6 is 0 Å². The van der Waals surface area contributed by atoms with E-state index in [2.05, 4.69) is 167 Å². The Morgan fingerprint density at radius 1 is 0.308 bits per heavy atom. The van der Waals surface area contributed by atoms with Gasteiger partial charge in [-0.3, -0.25) is 13.8 Å². The van der Waals surface area contributed by atoms with E-state index in [1.54, 1.807) is 0 Å². The van der Waals surface area contributed by atoms with E-state index in [0.717, 1.165) is 99.2 Å². The second-order valence-corrected chi connectivity index (χ2v) is 16.9. The number of pyridine rings is 1. The summed E-state index contributed by atoms with van der Waals surface area (Å²) in [6.07, 6.45) is 0. The molecular formula is C59H35N5O. The Morgan fingerprint density at radius 2 is 0.800 bits per heavy atom. The van der Waals surface area contributed by atoms with Gasteiger partial charge < -0.3 is 4.57 Å². The lowest BCUT2D eigenvalue weighted by Crippen LogP contribution is -2.13. The topological polar surface area (TPSA) is 57.1 Å². The number of benzene rings is 9. The zero-order valence-electron chi connectivity index (χ0n) is 34.9. The van der Waals surface area contributed by atoms with Crippen LogP contribution in [0, 0.1) is 0 Å². The number of hydrogen-bond donors (Lipinski definition) is 0. The van der Waals surface area contributed by atoms with Crippen molar-refractivity contribution in [3.8, 4) is 45.3 Å². The van der Waals surface area contributed by atoms with Crippen LogP contribution in [0.15, 0.2) is 217 Å². The summed E-state index contributed by atoms with van der Waals surface area (Å²) in [4.78, 5) is 25.9. The second-order valence-electron chi connectivity index (χ2n) is 16.9. The molecule has 5 aromatic heterocycles. The molecule has 302 valence electrons. The third-order valence-electron chi connectivity index (χ3n) is 13.4. The molecular weight excluding hydrogens is 795 g/mol. The maximum Gasteiger partial charge on any atom is 0.263 e. The highest BCUT2D eigenvalue weighted by Gasteiger charge is 2.25. The van der Waals surface area contributed by atoms with Gasteiger partial charge in [0, 0.05) is 59.9 Å². The molecule has 0 aliphatic carbocycles. The predicted molar refractivity (Wildman–Crippen MR) is 268 cm³/mol. The quantitative estimate of drug-likeness (QED) is 0.162. The average molecular weight is 830 g/mol. The van der Waals surface area contributed by atoms with Crippen molar-refractivity contribution in [2.75, 3.05) is 0 Å². The molecule has 0 atom stereocenters. The van der Waals surface area contributed by atoms with Gasteiger partial charge in [-0.05, 0) is 77.2 Å². The first-order chi connectivity index (χ1) is 32.2. The van der Waals surface area contributed by atoms with Gasteiger partial charge in [-0.15, -0.1) is 0 Å². The van der Waals surface area contributed by atoms with Crippen LogP contribution in [0.1, 0.15) is 0 Å². The largest absolute Gasteiger partial charge is 0.309 e. The fourth-order valence-electron chi connectivity index (χ4n) is 10.5. The van der Waals surface area contributed by atoms with Crippen molar-refractivity contribution in [2.45, 2.75) is 0 Å².